The van der Waals surface area contributed by atoms with Crippen molar-refractivity contribution < 1.29 is 19.1 Å². The first-order chi connectivity index (χ1) is 16.7. The van der Waals surface area contributed by atoms with Crippen molar-refractivity contribution in [3.63, 3.8) is 0 Å². The Bertz CT molecular complexity index is 1140. The maximum absolute atomic E-state index is 14.1. The molecule has 0 aliphatic heterocycles. The molecule has 0 aliphatic carbocycles. The number of nitrogens with zero attached hydrogens (tertiary/aromatic N) is 2. The molecule has 8 nitrogen and oxygen atoms in total. The number of hydrogen-bond acceptors (Lipinski definition) is 6. The van der Waals surface area contributed by atoms with Crippen molar-refractivity contribution in [1.29, 1.82) is 0 Å². The van der Waals surface area contributed by atoms with Gasteiger partial charge in [0.1, 0.15) is 11.4 Å². The number of aromatic nitrogens is 2. The highest BCUT2D eigenvalue weighted by Gasteiger charge is 2.30. The molecule has 0 radical (unpaired) electrons. The van der Waals surface area contributed by atoms with Gasteiger partial charge in [0.25, 0.3) is 5.91 Å². The van der Waals surface area contributed by atoms with Crippen LogP contribution in [0, 0.1) is 5.92 Å². The zero-order valence-corrected chi connectivity index (χ0v) is 19.9. The second-order valence-electron chi connectivity index (χ2n) is 9.28. The SMILES string of the molecule is CC(C)(F)CCC(C[C@H](O)[C@H](Cc1ccccc1)NC(=O)c1cnc2ccccc2n1)C(=O)NN. The third kappa shape index (κ3) is 7.80. The minimum absolute atomic E-state index is 0.000290. The fourth-order valence-corrected chi connectivity index (χ4v) is 3.91. The predicted octanol–water partition coefficient (Wildman–Crippen LogP) is 2.86. The van der Waals surface area contributed by atoms with Crippen molar-refractivity contribution in [3.8, 4) is 0 Å². The Balaban J connectivity index is 1.80. The van der Waals surface area contributed by atoms with Crippen LogP contribution < -0.4 is 16.6 Å². The summed E-state index contributed by atoms with van der Waals surface area (Å²) >= 11 is 0. The van der Waals surface area contributed by atoms with E-state index >= 15 is 0 Å². The van der Waals surface area contributed by atoms with E-state index < -0.39 is 35.5 Å². The van der Waals surface area contributed by atoms with E-state index in [1.165, 1.54) is 20.0 Å². The van der Waals surface area contributed by atoms with Crippen molar-refractivity contribution in [1.82, 2.24) is 20.7 Å². The number of para-hydroxylation sites is 2. The van der Waals surface area contributed by atoms with Crippen LogP contribution in [0.4, 0.5) is 4.39 Å². The maximum atomic E-state index is 14.1. The number of hydrazine groups is 1. The second kappa shape index (κ2) is 11.8. The van der Waals surface area contributed by atoms with Gasteiger partial charge in [0.15, 0.2) is 0 Å². The molecule has 0 fully saturated rings. The summed E-state index contributed by atoms with van der Waals surface area (Å²) in [5.41, 5.74) is 2.88. The predicted molar refractivity (Wildman–Crippen MR) is 132 cm³/mol. The van der Waals surface area contributed by atoms with E-state index in [2.05, 4.69) is 20.7 Å². The Morgan fingerprint density at radius 3 is 2.40 bits per heavy atom. The molecular formula is C26H32FN5O3. The van der Waals surface area contributed by atoms with Crippen LogP contribution in [0.25, 0.3) is 11.0 Å². The molecule has 0 saturated carbocycles. The molecule has 0 bridgehead atoms. The molecule has 0 aliphatic rings. The normalized spacial score (nSPS) is 14.2. The minimum atomic E-state index is -1.47. The van der Waals surface area contributed by atoms with Crippen molar-refractivity contribution in [2.24, 2.45) is 11.8 Å². The van der Waals surface area contributed by atoms with Gasteiger partial charge in [-0.3, -0.25) is 20.0 Å². The maximum Gasteiger partial charge on any atom is 0.271 e. The number of aliphatic hydroxyl groups excluding tert-OH is 1. The lowest BCUT2D eigenvalue weighted by atomic mass is 9.88. The minimum Gasteiger partial charge on any atom is -0.391 e. The van der Waals surface area contributed by atoms with Crippen molar-refractivity contribution >= 4 is 22.8 Å². The average molecular weight is 482 g/mol. The van der Waals surface area contributed by atoms with E-state index in [1.54, 1.807) is 12.1 Å². The van der Waals surface area contributed by atoms with Gasteiger partial charge in [0.2, 0.25) is 5.91 Å². The smallest absolute Gasteiger partial charge is 0.271 e. The van der Waals surface area contributed by atoms with E-state index in [4.69, 9.17) is 5.84 Å². The third-order valence-electron chi connectivity index (χ3n) is 5.89. The Hall–Kier alpha value is -3.43. The molecule has 0 spiro atoms. The molecular weight excluding hydrogens is 449 g/mol. The number of rotatable bonds is 11. The molecule has 186 valence electrons. The van der Waals surface area contributed by atoms with Crippen LogP contribution in [-0.4, -0.2) is 44.7 Å². The number of aliphatic hydroxyl groups is 1. The number of alkyl halides is 1. The van der Waals surface area contributed by atoms with Crippen LogP contribution in [0.2, 0.25) is 0 Å². The highest BCUT2D eigenvalue weighted by Crippen LogP contribution is 2.24. The van der Waals surface area contributed by atoms with Crippen LogP contribution in [0.15, 0.2) is 60.8 Å². The van der Waals surface area contributed by atoms with Gasteiger partial charge in [-0.1, -0.05) is 42.5 Å². The summed E-state index contributed by atoms with van der Waals surface area (Å²) in [4.78, 5) is 34.0. The highest BCUT2D eigenvalue weighted by molar-refractivity contribution is 5.94. The van der Waals surface area contributed by atoms with E-state index in [9.17, 15) is 19.1 Å². The summed E-state index contributed by atoms with van der Waals surface area (Å²) < 4.78 is 14.1. The number of benzene rings is 2. The van der Waals surface area contributed by atoms with Gasteiger partial charge in [-0.2, -0.15) is 0 Å². The van der Waals surface area contributed by atoms with E-state index in [-0.39, 0.29) is 25.0 Å². The Kier molecular flexibility index (Phi) is 8.84. The van der Waals surface area contributed by atoms with Crippen LogP contribution in [0.1, 0.15) is 49.2 Å². The largest absolute Gasteiger partial charge is 0.391 e. The van der Waals surface area contributed by atoms with Crippen molar-refractivity contribution in [2.45, 2.75) is 57.3 Å². The van der Waals surface area contributed by atoms with Crippen molar-refractivity contribution in [3.05, 3.63) is 72.1 Å². The molecule has 35 heavy (non-hydrogen) atoms. The summed E-state index contributed by atoms with van der Waals surface area (Å²) in [5, 5.41) is 14.0. The third-order valence-corrected chi connectivity index (χ3v) is 5.89. The molecule has 1 aromatic heterocycles. The van der Waals surface area contributed by atoms with Gasteiger partial charge in [0, 0.05) is 5.92 Å². The van der Waals surface area contributed by atoms with Crippen LogP contribution in [0.5, 0.6) is 0 Å². The number of carbonyl (C=O) groups is 2. The highest BCUT2D eigenvalue weighted by atomic mass is 19.1. The lowest BCUT2D eigenvalue weighted by Gasteiger charge is -2.28. The van der Waals surface area contributed by atoms with Gasteiger partial charge in [0.05, 0.1) is 29.4 Å². The number of halogens is 1. The monoisotopic (exact) mass is 481 g/mol. The van der Waals surface area contributed by atoms with Gasteiger partial charge in [-0.25, -0.2) is 15.2 Å². The molecule has 3 aromatic rings. The first-order valence-corrected chi connectivity index (χ1v) is 11.6. The number of nitrogens with two attached hydrogens (primary N) is 1. The number of hydrogen-bond donors (Lipinski definition) is 4. The van der Waals surface area contributed by atoms with Gasteiger partial charge in [-0.15, -0.1) is 0 Å². The second-order valence-corrected chi connectivity index (χ2v) is 9.28. The van der Waals surface area contributed by atoms with Crippen LogP contribution >= 0.6 is 0 Å². The Morgan fingerprint density at radius 1 is 1.09 bits per heavy atom. The molecule has 2 amide bonds. The fraction of sp³-hybridized carbons (Fsp3) is 0.385. The zero-order valence-electron chi connectivity index (χ0n) is 19.9. The summed E-state index contributed by atoms with van der Waals surface area (Å²) in [6.45, 7) is 2.87. The zero-order chi connectivity index (χ0) is 25.4. The van der Waals surface area contributed by atoms with Crippen LogP contribution in [0.3, 0.4) is 0 Å². The van der Waals surface area contributed by atoms with E-state index in [0.29, 0.717) is 17.5 Å². The summed E-state index contributed by atoms with van der Waals surface area (Å²) in [6.07, 6.45) is 0.932. The van der Waals surface area contributed by atoms with E-state index in [1.807, 2.05) is 42.5 Å². The molecule has 1 heterocycles. The number of nitrogens with one attached hydrogen (secondary N) is 2. The first-order valence-electron chi connectivity index (χ1n) is 11.6. The van der Waals surface area contributed by atoms with Crippen LogP contribution in [-0.2, 0) is 11.2 Å². The molecule has 3 atom stereocenters. The van der Waals surface area contributed by atoms with E-state index in [0.717, 1.165) is 5.56 Å². The summed E-state index contributed by atoms with van der Waals surface area (Å²) in [5.74, 6) is 3.63. The molecule has 9 heteroatoms. The Labute approximate surface area is 204 Å². The molecule has 0 saturated heterocycles. The number of carbonyl (C=O) groups excluding carboxylic acids is 2. The average Bonchev–Trinajstić information content (AvgIpc) is 2.85. The summed E-state index contributed by atoms with van der Waals surface area (Å²) in [6, 6.07) is 15.8. The molecule has 1 unspecified atom stereocenters. The van der Waals surface area contributed by atoms with Crippen molar-refractivity contribution in [2.75, 3.05) is 0 Å². The first kappa shape index (κ1) is 26.2. The van der Waals surface area contributed by atoms with Gasteiger partial charge < -0.3 is 10.4 Å². The fourth-order valence-electron chi connectivity index (χ4n) is 3.91. The topological polar surface area (TPSA) is 130 Å². The quantitative estimate of drug-likeness (QED) is 0.189. The number of fused-ring (bicyclic) bond motifs is 1. The van der Waals surface area contributed by atoms with Gasteiger partial charge >= 0.3 is 0 Å². The number of amides is 2. The molecule has 3 rings (SSSR count). The Morgan fingerprint density at radius 2 is 1.74 bits per heavy atom. The lowest BCUT2D eigenvalue weighted by molar-refractivity contribution is -0.126. The lowest BCUT2D eigenvalue weighted by Crippen LogP contribution is -2.47. The standard InChI is InChI=1S/C26H32FN5O3/c1-26(2,27)13-12-18(24(34)32-28)15-23(33)21(14-17-8-4-3-5-9-17)31-25(35)22-16-29-19-10-6-7-11-20(19)30-22/h3-11,16,18,21,23,33H,12-15,28H2,1-2H3,(H,31,35)(H,32,34)/t18?,21-,23-/m0/s1. The van der Waals surface area contributed by atoms with Gasteiger partial charge in [-0.05, 0) is 57.2 Å². The molecule has 2 aromatic carbocycles. The summed E-state index contributed by atoms with van der Waals surface area (Å²) in [7, 11) is 0. The molecule has 5 N–H and O–H groups in total.